The fourth-order valence-corrected chi connectivity index (χ4v) is 3.96. The van der Waals surface area contributed by atoms with E-state index in [0.29, 0.717) is 37.1 Å². The summed E-state index contributed by atoms with van der Waals surface area (Å²) in [5, 5.41) is 6.26. The highest BCUT2D eigenvalue weighted by Crippen LogP contribution is 2.30. The van der Waals surface area contributed by atoms with Crippen molar-refractivity contribution in [3.63, 3.8) is 0 Å². The van der Waals surface area contributed by atoms with Crippen LogP contribution in [0.15, 0.2) is 24.3 Å². The molecule has 2 heterocycles. The molecule has 2 aliphatic rings. The molecule has 0 spiro atoms. The first-order chi connectivity index (χ1) is 13.4. The molecule has 8 nitrogen and oxygen atoms in total. The number of nitrogens with two attached hydrogens (primary N) is 2. The Morgan fingerprint density at radius 2 is 2.04 bits per heavy atom. The molecule has 0 saturated carbocycles. The fraction of sp³-hybridized carbons (Fsp3) is 0.579. The molecule has 3 amide bonds. The van der Waals surface area contributed by atoms with Crippen LogP contribution in [0.25, 0.3) is 0 Å². The minimum absolute atomic E-state index is 0.0166. The number of halogens is 1. The minimum atomic E-state index is -0.592. The van der Waals surface area contributed by atoms with Crippen LogP contribution in [0.1, 0.15) is 30.9 Å². The highest BCUT2D eigenvalue weighted by Gasteiger charge is 2.38. The second-order valence-corrected chi connectivity index (χ2v) is 7.90. The van der Waals surface area contributed by atoms with E-state index in [1.807, 2.05) is 24.3 Å². The number of carbonyl (C=O) groups is 2. The van der Waals surface area contributed by atoms with Crippen molar-refractivity contribution in [2.75, 3.05) is 26.2 Å². The molecule has 28 heavy (non-hydrogen) atoms. The van der Waals surface area contributed by atoms with Gasteiger partial charge in [0.1, 0.15) is 0 Å². The van der Waals surface area contributed by atoms with Gasteiger partial charge in [0.15, 0.2) is 0 Å². The predicted molar refractivity (Wildman–Crippen MR) is 107 cm³/mol. The molecular formula is C19H28ClN5O3. The molecule has 2 saturated heterocycles. The number of morpholine rings is 1. The number of primary amides is 1. The second-order valence-electron chi connectivity index (χ2n) is 7.46. The molecule has 3 rings (SSSR count). The van der Waals surface area contributed by atoms with E-state index in [0.717, 1.165) is 25.1 Å². The number of fused-ring (bicyclic) bond motifs is 1. The maximum atomic E-state index is 12.3. The van der Waals surface area contributed by atoms with Crippen LogP contribution < -0.4 is 22.1 Å². The maximum Gasteiger partial charge on any atom is 0.312 e. The number of benzene rings is 1. The van der Waals surface area contributed by atoms with Gasteiger partial charge in [0.05, 0.1) is 18.8 Å². The van der Waals surface area contributed by atoms with Gasteiger partial charge in [-0.05, 0) is 37.0 Å². The lowest BCUT2D eigenvalue weighted by Crippen LogP contribution is -2.47. The third-order valence-corrected chi connectivity index (χ3v) is 5.59. The van der Waals surface area contributed by atoms with Crippen molar-refractivity contribution in [1.82, 2.24) is 15.5 Å². The molecular weight excluding hydrogens is 382 g/mol. The summed E-state index contributed by atoms with van der Waals surface area (Å²) in [6, 6.07) is 6.96. The lowest BCUT2D eigenvalue weighted by molar-refractivity contribution is -0.123. The summed E-state index contributed by atoms with van der Waals surface area (Å²) in [6.45, 7) is 2.65. The van der Waals surface area contributed by atoms with Gasteiger partial charge in [-0.3, -0.25) is 9.69 Å². The summed E-state index contributed by atoms with van der Waals surface area (Å²) < 4.78 is 6.04. The minimum Gasteiger partial charge on any atom is -0.371 e. The van der Waals surface area contributed by atoms with Crippen molar-refractivity contribution in [2.45, 2.75) is 43.5 Å². The number of nitrogens with one attached hydrogen (secondary N) is 2. The van der Waals surface area contributed by atoms with Gasteiger partial charge in [-0.25, -0.2) is 4.79 Å². The van der Waals surface area contributed by atoms with Crippen LogP contribution in [0.3, 0.4) is 0 Å². The number of amides is 3. The third kappa shape index (κ3) is 5.57. The molecule has 154 valence electrons. The average molecular weight is 410 g/mol. The number of ether oxygens (including phenoxy) is 1. The SMILES string of the molecule is NC(=O)NCCC[C@H](N)C(=O)N[C@H]1C[C@H]2CO[C@@H](c3ccc(Cl)cc3)CN2C1. The smallest absolute Gasteiger partial charge is 0.312 e. The van der Waals surface area contributed by atoms with E-state index < -0.39 is 12.1 Å². The highest BCUT2D eigenvalue weighted by molar-refractivity contribution is 6.30. The molecule has 1 aromatic carbocycles. The van der Waals surface area contributed by atoms with Crippen molar-refractivity contribution >= 4 is 23.5 Å². The van der Waals surface area contributed by atoms with E-state index in [1.54, 1.807) is 0 Å². The number of urea groups is 1. The molecule has 1 aromatic rings. The van der Waals surface area contributed by atoms with Crippen LogP contribution in [0.4, 0.5) is 4.79 Å². The monoisotopic (exact) mass is 409 g/mol. The van der Waals surface area contributed by atoms with E-state index in [2.05, 4.69) is 15.5 Å². The predicted octanol–water partition coefficient (Wildman–Crippen LogP) is 0.746. The molecule has 0 aromatic heterocycles. The number of hydrogen-bond donors (Lipinski definition) is 4. The topological polar surface area (TPSA) is 123 Å². The van der Waals surface area contributed by atoms with Gasteiger partial charge in [0, 0.05) is 36.7 Å². The number of carbonyl (C=O) groups excluding carboxylic acids is 2. The Bertz CT molecular complexity index is 687. The van der Waals surface area contributed by atoms with Gasteiger partial charge in [0.2, 0.25) is 5.91 Å². The second kappa shape index (κ2) is 9.56. The van der Waals surface area contributed by atoms with Gasteiger partial charge < -0.3 is 26.8 Å². The lowest BCUT2D eigenvalue weighted by Gasteiger charge is -2.35. The zero-order valence-corrected chi connectivity index (χ0v) is 16.5. The largest absolute Gasteiger partial charge is 0.371 e. The zero-order chi connectivity index (χ0) is 20.1. The van der Waals surface area contributed by atoms with E-state index >= 15 is 0 Å². The van der Waals surface area contributed by atoms with Crippen LogP contribution in [-0.4, -0.2) is 61.2 Å². The lowest BCUT2D eigenvalue weighted by atomic mass is 10.1. The summed E-state index contributed by atoms with van der Waals surface area (Å²) in [5.41, 5.74) is 12.1. The molecule has 0 bridgehead atoms. The Labute approximate surface area is 169 Å². The van der Waals surface area contributed by atoms with Gasteiger partial charge in [-0.15, -0.1) is 0 Å². The molecule has 2 fully saturated rings. The quantitative estimate of drug-likeness (QED) is 0.495. The van der Waals surface area contributed by atoms with Crippen LogP contribution >= 0.6 is 11.6 Å². The Balaban J connectivity index is 1.44. The normalized spacial score (nSPS) is 25.7. The first kappa shape index (κ1) is 20.9. The van der Waals surface area contributed by atoms with Crippen LogP contribution in [0, 0.1) is 0 Å². The van der Waals surface area contributed by atoms with E-state index in [1.165, 1.54) is 0 Å². The fourth-order valence-electron chi connectivity index (χ4n) is 3.83. The van der Waals surface area contributed by atoms with Gasteiger partial charge in [-0.1, -0.05) is 23.7 Å². The van der Waals surface area contributed by atoms with Crippen LogP contribution in [0.5, 0.6) is 0 Å². The highest BCUT2D eigenvalue weighted by atomic mass is 35.5. The number of hydrogen-bond acceptors (Lipinski definition) is 5. The van der Waals surface area contributed by atoms with Crippen molar-refractivity contribution in [1.29, 1.82) is 0 Å². The van der Waals surface area contributed by atoms with E-state index in [9.17, 15) is 9.59 Å². The summed E-state index contributed by atoms with van der Waals surface area (Å²) in [4.78, 5) is 25.4. The Morgan fingerprint density at radius 1 is 1.29 bits per heavy atom. The third-order valence-electron chi connectivity index (χ3n) is 5.33. The Hall–Kier alpha value is -1.87. The standard InChI is InChI=1S/C19H28ClN5O3/c20-13-5-3-12(4-6-13)17-10-25-9-14(8-15(25)11-28-17)24-18(26)16(21)2-1-7-23-19(22)27/h3-6,14-17H,1-2,7-11,21H2,(H,24,26)(H3,22,23,27)/t14-,15-,16-,17+/m0/s1. The summed E-state index contributed by atoms with van der Waals surface area (Å²) >= 11 is 5.96. The van der Waals surface area contributed by atoms with Crippen molar-refractivity contribution in [3.8, 4) is 0 Å². The van der Waals surface area contributed by atoms with Crippen molar-refractivity contribution < 1.29 is 14.3 Å². The first-order valence-corrected chi connectivity index (χ1v) is 10.0. The molecule has 0 aliphatic carbocycles. The number of nitrogens with zero attached hydrogens (tertiary/aromatic N) is 1. The van der Waals surface area contributed by atoms with Gasteiger partial charge in [-0.2, -0.15) is 0 Å². The molecule has 6 N–H and O–H groups in total. The van der Waals surface area contributed by atoms with E-state index in [4.69, 9.17) is 27.8 Å². The van der Waals surface area contributed by atoms with Crippen LogP contribution in [-0.2, 0) is 9.53 Å². The summed E-state index contributed by atoms with van der Waals surface area (Å²) in [5.74, 6) is -0.154. The number of rotatable bonds is 7. The van der Waals surface area contributed by atoms with Gasteiger partial charge >= 0.3 is 6.03 Å². The van der Waals surface area contributed by atoms with Crippen molar-refractivity contribution in [2.24, 2.45) is 11.5 Å². The van der Waals surface area contributed by atoms with Crippen molar-refractivity contribution in [3.05, 3.63) is 34.9 Å². The molecule has 4 atom stereocenters. The summed E-state index contributed by atoms with van der Waals surface area (Å²) in [6.07, 6.45) is 1.97. The van der Waals surface area contributed by atoms with Gasteiger partial charge in [0.25, 0.3) is 0 Å². The summed E-state index contributed by atoms with van der Waals surface area (Å²) in [7, 11) is 0. The van der Waals surface area contributed by atoms with E-state index in [-0.39, 0.29) is 18.1 Å². The first-order valence-electron chi connectivity index (χ1n) is 9.62. The average Bonchev–Trinajstić information content (AvgIpc) is 3.06. The zero-order valence-electron chi connectivity index (χ0n) is 15.8. The molecule has 2 aliphatic heterocycles. The maximum absolute atomic E-state index is 12.3. The molecule has 0 unspecified atom stereocenters. The Kier molecular flexibility index (Phi) is 7.12. The molecule has 9 heteroatoms. The van der Waals surface area contributed by atoms with Crippen LogP contribution in [0.2, 0.25) is 5.02 Å². The Morgan fingerprint density at radius 3 is 2.75 bits per heavy atom. The molecule has 0 radical (unpaired) electrons.